The van der Waals surface area contributed by atoms with Crippen molar-refractivity contribution in [2.45, 2.75) is 81.7 Å². The SMILES string of the molecule is CS(=O)(=O)c1ccc(CN2CCC3(CCN(CC[C@H](NC(=O)C45CC6CC(CC(C6)C4)C5)c4ccccc4)CC3)C2=O)cc1.Cl. The van der Waals surface area contributed by atoms with E-state index in [9.17, 15) is 18.0 Å². The van der Waals surface area contributed by atoms with Crippen LogP contribution >= 0.6 is 12.4 Å². The molecule has 2 heterocycles. The zero-order valence-electron chi connectivity index (χ0n) is 26.5. The number of nitrogens with zero attached hydrogens (tertiary/aromatic N) is 2. The van der Waals surface area contributed by atoms with Gasteiger partial charge in [0.25, 0.3) is 0 Å². The van der Waals surface area contributed by atoms with Crippen LogP contribution in [-0.4, -0.2) is 62.5 Å². The number of hydrogen-bond donors (Lipinski definition) is 1. The number of piperidine rings is 1. The van der Waals surface area contributed by atoms with Gasteiger partial charge in [-0.15, -0.1) is 12.4 Å². The summed E-state index contributed by atoms with van der Waals surface area (Å²) in [7, 11) is -3.23. The molecule has 4 bridgehead atoms. The van der Waals surface area contributed by atoms with Crippen LogP contribution in [0.5, 0.6) is 0 Å². The van der Waals surface area contributed by atoms with Crippen molar-refractivity contribution >= 4 is 34.1 Å². The van der Waals surface area contributed by atoms with Crippen molar-refractivity contribution in [2.24, 2.45) is 28.6 Å². The van der Waals surface area contributed by atoms with Gasteiger partial charge in [0.2, 0.25) is 11.8 Å². The molecule has 1 atom stereocenters. The summed E-state index contributed by atoms with van der Waals surface area (Å²) < 4.78 is 23.6. The highest BCUT2D eigenvalue weighted by atomic mass is 35.5. The third kappa shape index (κ3) is 6.57. The van der Waals surface area contributed by atoms with Gasteiger partial charge in [-0.05, 0) is 118 Å². The van der Waals surface area contributed by atoms with Crippen molar-refractivity contribution in [2.75, 3.05) is 32.4 Å². The van der Waals surface area contributed by atoms with Crippen molar-refractivity contribution in [3.05, 3.63) is 65.7 Å². The Hall–Kier alpha value is -2.42. The topological polar surface area (TPSA) is 86.8 Å². The third-order valence-corrected chi connectivity index (χ3v) is 13.0. The second-order valence-electron chi connectivity index (χ2n) is 14.9. The van der Waals surface area contributed by atoms with Crippen LogP contribution in [0, 0.1) is 28.6 Å². The van der Waals surface area contributed by atoms with Gasteiger partial charge in [-0.3, -0.25) is 9.59 Å². The number of likely N-dealkylation sites (tertiary alicyclic amines) is 2. The minimum Gasteiger partial charge on any atom is -0.349 e. The Morgan fingerprint density at radius 2 is 1.47 bits per heavy atom. The number of amides is 2. The van der Waals surface area contributed by atoms with Gasteiger partial charge in [0.15, 0.2) is 9.84 Å². The van der Waals surface area contributed by atoms with E-state index in [4.69, 9.17) is 0 Å². The van der Waals surface area contributed by atoms with Gasteiger partial charge in [-0.2, -0.15) is 0 Å². The Kier molecular flexibility index (Phi) is 9.14. The molecule has 4 aliphatic carbocycles. The summed E-state index contributed by atoms with van der Waals surface area (Å²) in [5.41, 5.74) is 1.71. The molecule has 9 heteroatoms. The summed E-state index contributed by atoms with van der Waals surface area (Å²) in [6, 6.07) is 17.4. The molecule has 6 fully saturated rings. The van der Waals surface area contributed by atoms with E-state index >= 15 is 0 Å². The van der Waals surface area contributed by atoms with Gasteiger partial charge in [0.05, 0.1) is 16.4 Å². The van der Waals surface area contributed by atoms with Gasteiger partial charge >= 0.3 is 0 Å². The first kappa shape index (κ1) is 32.5. The summed E-state index contributed by atoms with van der Waals surface area (Å²) in [4.78, 5) is 32.3. The Morgan fingerprint density at radius 1 is 0.889 bits per heavy atom. The van der Waals surface area contributed by atoms with E-state index in [2.05, 4.69) is 34.5 Å². The van der Waals surface area contributed by atoms with Gasteiger partial charge < -0.3 is 15.1 Å². The molecule has 2 aliphatic heterocycles. The fraction of sp³-hybridized carbons (Fsp3) is 0.611. The fourth-order valence-corrected chi connectivity index (χ4v) is 10.4. The fourth-order valence-electron chi connectivity index (χ4n) is 9.79. The Balaban J connectivity index is 0.00000357. The maximum absolute atomic E-state index is 14.0. The highest BCUT2D eigenvalue weighted by Crippen LogP contribution is 2.60. The van der Waals surface area contributed by atoms with Crippen molar-refractivity contribution in [3.63, 3.8) is 0 Å². The first-order valence-corrected chi connectivity index (χ1v) is 18.7. The minimum atomic E-state index is -3.23. The molecule has 8 rings (SSSR count). The molecule has 244 valence electrons. The number of benzene rings is 2. The molecule has 0 aromatic heterocycles. The van der Waals surface area contributed by atoms with Crippen LogP contribution in [0.15, 0.2) is 59.5 Å². The van der Waals surface area contributed by atoms with Gasteiger partial charge in [0.1, 0.15) is 0 Å². The van der Waals surface area contributed by atoms with Crippen LogP contribution in [0.25, 0.3) is 0 Å². The quantitative estimate of drug-likeness (QED) is 0.370. The maximum atomic E-state index is 14.0. The first-order valence-electron chi connectivity index (χ1n) is 16.8. The number of nitrogens with one attached hydrogen (secondary N) is 1. The monoisotopic (exact) mass is 653 g/mol. The van der Waals surface area contributed by atoms with Crippen molar-refractivity contribution in [1.29, 1.82) is 0 Å². The Labute approximate surface area is 274 Å². The van der Waals surface area contributed by atoms with Crippen molar-refractivity contribution in [3.8, 4) is 0 Å². The second-order valence-corrected chi connectivity index (χ2v) is 17.0. The number of halogens is 1. The molecular formula is C36H48ClN3O4S. The summed E-state index contributed by atoms with van der Waals surface area (Å²) in [5, 5.41) is 3.57. The molecule has 4 saturated carbocycles. The summed E-state index contributed by atoms with van der Waals surface area (Å²) >= 11 is 0. The smallest absolute Gasteiger partial charge is 0.229 e. The third-order valence-electron chi connectivity index (χ3n) is 11.9. The van der Waals surface area contributed by atoms with Crippen LogP contribution in [0.3, 0.4) is 0 Å². The maximum Gasteiger partial charge on any atom is 0.229 e. The summed E-state index contributed by atoms with van der Waals surface area (Å²) in [6.45, 7) is 3.97. The molecule has 45 heavy (non-hydrogen) atoms. The standard InChI is InChI=1S/C36H47N3O4S.ClH/c1-44(42,43)31-9-7-26(8-10-31)25-39-18-14-35(34(39)41)12-16-38(17-13-35)15-11-32(30-5-3-2-4-6-30)37-33(40)36-22-27-19-28(23-36)21-29(20-27)24-36;/h2-10,27-29,32H,11-25H2,1H3,(H,37,40);1H/t27?,28?,29?,32-,36?;/m0./s1. The Bertz CT molecular complexity index is 1450. The lowest BCUT2D eigenvalue weighted by Gasteiger charge is -2.55. The predicted octanol–water partition coefficient (Wildman–Crippen LogP) is 5.79. The molecule has 2 aromatic rings. The largest absolute Gasteiger partial charge is 0.349 e. The van der Waals surface area contributed by atoms with Gasteiger partial charge in [-0.25, -0.2) is 8.42 Å². The molecule has 7 nitrogen and oxygen atoms in total. The molecular weight excluding hydrogens is 606 g/mol. The van der Waals surface area contributed by atoms with Gasteiger partial charge in [0, 0.05) is 31.3 Å². The van der Waals surface area contributed by atoms with Crippen LogP contribution in [0.4, 0.5) is 0 Å². The molecule has 0 radical (unpaired) electrons. The average molecular weight is 654 g/mol. The van der Waals surface area contributed by atoms with E-state index in [1.54, 1.807) is 12.1 Å². The minimum absolute atomic E-state index is 0. The molecule has 1 spiro atoms. The number of sulfone groups is 1. The lowest BCUT2D eigenvalue weighted by molar-refractivity contribution is -0.147. The summed E-state index contributed by atoms with van der Waals surface area (Å²) in [5.74, 6) is 2.78. The Morgan fingerprint density at radius 3 is 2.04 bits per heavy atom. The number of carbonyl (C=O) groups excluding carboxylic acids is 2. The molecule has 1 N–H and O–H groups in total. The van der Waals surface area contributed by atoms with E-state index in [0.717, 1.165) is 94.4 Å². The van der Waals surface area contributed by atoms with Crippen LogP contribution in [0.1, 0.15) is 81.4 Å². The number of carbonyl (C=O) groups is 2. The summed E-state index contributed by atoms with van der Waals surface area (Å²) in [6.07, 6.45) is 12.0. The first-order chi connectivity index (χ1) is 21.1. The van der Waals surface area contributed by atoms with Crippen LogP contribution in [-0.2, 0) is 26.0 Å². The lowest BCUT2D eigenvalue weighted by Crippen LogP contribution is -2.54. The highest BCUT2D eigenvalue weighted by molar-refractivity contribution is 7.90. The molecule has 2 aromatic carbocycles. The van der Waals surface area contributed by atoms with Crippen LogP contribution < -0.4 is 5.32 Å². The zero-order valence-corrected chi connectivity index (χ0v) is 28.1. The lowest BCUT2D eigenvalue weighted by atomic mass is 9.49. The number of hydrogen-bond acceptors (Lipinski definition) is 5. The van der Waals surface area contributed by atoms with Crippen LogP contribution in [0.2, 0.25) is 0 Å². The van der Waals surface area contributed by atoms with E-state index in [1.807, 2.05) is 23.1 Å². The van der Waals surface area contributed by atoms with E-state index < -0.39 is 9.84 Å². The molecule has 2 amide bonds. The van der Waals surface area contributed by atoms with E-state index in [1.165, 1.54) is 31.1 Å². The van der Waals surface area contributed by atoms with Gasteiger partial charge in [-0.1, -0.05) is 42.5 Å². The number of rotatable bonds is 9. The zero-order chi connectivity index (χ0) is 30.5. The van der Waals surface area contributed by atoms with E-state index in [0.29, 0.717) is 17.3 Å². The molecule has 2 saturated heterocycles. The van der Waals surface area contributed by atoms with Crippen molar-refractivity contribution < 1.29 is 18.0 Å². The highest BCUT2D eigenvalue weighted by Gasteiger charge is 2.55. The second kappa shape index (κ2) is 12.6. The molecule has 0 unspecified atom stereocenters. The average Bonchev–Trinajstić information content (AvgIpc) is 3.29. The predicted molar refractivity (Wildman–Crippen MR) is 177 cm³/mol. The van der Waals surface area contributed by atoms with Crippen molar-refractivity contribution in [1.82, 2.24) is 15.1 Å². The van der Waals surface area contributed by atoms with E-state index in [-0.39, 0.29) is 35.2 Å². The molecule has 6 aliphatic rings. The normalized spacial score (nSPS) is 29.5.